The van der Waals surface area contributed by atoms with Gasteiger partial charge in [-0.1, -0.05) is 19.4 Å². The van der Waals surface area contributed by atoms with Crippen LogP contribution in [0.5, 0.6) is 11.5 Å². The third-order valence-electron chi connectivity index (χ3n) is 2.41. The van der Waals surface area contributed by atoms with E-state index in [-0.39, 0.29) is 0 Å². The van der Waals surface area contributed by atoms with E-state index in [1.54, 1.807) is 0 Å². The fourth-order valence-corrected chi connectivity index (χ4v) is 1.65. The molecular formula is C12H16O3. The lowest BCUT2D eigenvalue weighted by molar-refractivity contribution is 0.0802. The van der Waals surface area contributed by atoms with Gasteiger partial charge in [0, 0.05) is 0 Å². The molecule has 0 radical (unpaired) electrons. The Balaban J connectivity index is 2.20. The van der Waals surface area contributed by atoms with Gasteiger partial charge in [-0.3, -0.25) is 0 Å². The van der Waals surface area contributed by atoms with Gasteiger partial charge in [0.15, 0.2) is 11.5 Å². The largest absolute Gasteiger partial charge is 0.487 e. The molecule has 0 saturated carbocycles. The molecule has 0 amide bonds. The molecule has 1 aromatic rings. The van der Waals surface area contributed by atoms with Crippen LogP contribution in [-0.4, -0.2) is 24.4 Å². The van der Waals surface area contributed by atoms with E-state index in [1.165, 1.54) is 5.56 Å². The van der Waals surface area contributed by atoms with E-state index in [9.17, 15) is 5.11 Å². The first-order chi connectivity index (χ1) is 7.29. The Labute approximate surface area is 89.6 Å². The summed E-state index contributed by atoms with van der Waals surface area (Å²) < 4.78 is 10.9. The van der Waals surface area contributed by atoms with E-state index in [4.69, 9.17) is 9.47 Å². The van der Waals surface area contributed by atoms with E-state index in [0.29, 0.717) is 13.2 Å². The average Bonchev–Trinajstić information content (AvgIpc) is 2.42. The van der Waals surface area contributed by atoms with Gasteiger partial charge in [0.25, 0.3) is 0 Å². The molecule has 1 aliphatic heterocycles. The number of hydrogen-bond donors (Lipinski definition) is 1. The number of aliphatic hydroxyl groups is 1. The minimum Gasteiger partial charge on any atom is -0.487 e. The number of ether oxygens (including phenoxy) is 2. The van der Waals surface area contributed by atoms with Crippen molar-refractivity contribution in [3.05, 3.63) is 23.8 Å². The van der Waals surface area contributed by atoms with Crippen molar-refractivity contribution in [1.29, 1.82) is 0 Å². The normalized spacial score (nSPS) is 19.7. The van der Waals surface area contributed by atoms with Crippen molar-refractivity contribution in [3.8, 4) is 11.5 Å². The molecule has 82 valence electrons. The molecule has 0 saturated heterocycles. The highest BCUT2D eigenvalue weighted by atomic mass is 16.5. The summed E-state index contributed by atoms with van der Waals surface area (Å²) in [5.74, 6) is 1.48. The predicted molar refractivity (Wildman–Crippen MR) is 57.4 cm³/mol. The zero-order chi connectivity index (χ0) is 10.7. The Morgan fingerprint density at radius 2 is 2.00 bits per heavy atom. The number of benzene rings is 1. The van der Waals surface area contributed by atoms with Crippen LogP contribution in [0.15, 0.2) is 18.2 Å². The van der Waals surface area contributed by atoms with E-state index >= 15 is 0 Å². The van der Waals surface area contributed by atoms with Gasteiger partial charge < -0.3 is 14.6 Å². The van der Waals surface area contributed by atoms with Crippen LogP contribution in [0.25, 0.3) is 0 Å². The SMILES string of the molecule is CCCc1ccc2c(c1)OCC(O)CO2. The van der Waals surface area contributed by atoms with Crippen molar-refractivity contribution < 1.29 is 14.6 Å². The highest BCUT2D eigenvalue weighted by Gasteiger charge is 2.15. The Morgan fingerprint density at radius 3 is 2.73 bits per heavy atom. The first-order valence-electron chi connectivity index (χ1n) is 5.36. The van der Waals surface area contributed by atoms with Crippen molar-refractivity contribution in [2.45, 2.75) is 25.9 Å². The summed E-state index contributed by atoms with van der Waals surface area (Å²) in [6.07, 6.45) is 1.62. The molecular weight excluding hydrogens is 192 g/mol. The summed E-state index contributed by atoms with van der Waals surface area (Å²) in [5, 5.41) is 9.38. The third-order valence-corrected chi connectivity index (χ3v) is 2.41. The van der Waals surface area contributed by atoms with Crippen LogP contribution in [0, 0.1) is 0 Å². The van der Waals surface area contributed by atoms with Crippen LogP contribution in [-0.2, 0) is 6.42 Å². The molecule has 0 bridgehead atoms. The molecule has 0 aromatic heterocycles. The van der Waals surface area contributed by atoms with Gasteiger partial charge in [-0.25, -0.2) is 0 Å². The summed E-state index contributed by atoms with van der Waals surface area (Å²) in [6.45, 7) is 2.76. The first kappa shape index (κ1) is 10.3. The second-order valence-corrected chi connectivity index (χ2v) is 3.81. The molecule has 15 heavy (non-hydrogen) atoms. The van der Waals surface area contributed by atoms with E-state index in [2.05, 4.69) is 6.92 Å². The molecule has 1 aromatic carbocycles. The second kappa shape index (κ2) is 4.53. The summed E-state index contributed by atoms with van der Waals surface area (Å²) in [4.78, 5) is 0. The van der Waals surface area contributed by atoms with E-state index in [1.807, 2.05) is 18.2 Å². The highest BCUT2D eigenvalue weighted by Crippen LogP contribution is 2.30. The molecule has 1 heterocycles. The topological polar surface area (TPSA) is 38.7 Å². The summed E-state index contributed by atoms with van der Waals surface area (Å²) in [5.41, 5.74) is 1.25. The number of aliphatic hydroxyl groups excluding tert-OH is 1. The van der Waals surface area contributed by atoms with Crippen LogP contribution < -0.4 is 9.47 Å². The predicted octanol–water partition coefficient (Wildman–Crippen LogP) is 1.77. The Bertz CT molecular complexity index is 336. The van der Waals surface area contributed by atoms with Gasteiger partial charge >= 0.3 is 0 Å². The first-order valence-corrected chi connectivity index (χ1v) is 5.36. The summed E-state index contributed by atoms with van der Waals surface area (Å²) >= 11 is 0. The van der Waals surface area contributed by atoms with Crippen LogP contribution in [0.3, 0.4) is 0 Å². The Hall–Kier alpha value is -1.22. The monoisotopic (exact) mass is 208 g/mol. The van der Waals surface area contributed by atoms with Crippen molar-refractivity contribution in [1.82, 2.24) is 0 Å². The third kappa shape index (κ3) is 2.42. The minimum atomic E-state index is -0.535. The Kier molecular flexibility index (Phi) is 3.11. The standard InChI is InChI=1S/C12H16O3/c1-2-3-9-4-5-11-12(6-9)15-8-10(13)7-14-11/h4-6,10,13H,2-3,7-8H2,1H3. The molecule has 0 spiro atoms. The van der Waals surface area contributed by atoms with Gasteiger partial charge in [0.1, 0.15) is 19.3 Å². The van der Waals surface area contributed by atoms with Crippen molar-refractivity contribution >= 4 is 0 Å². The molecule has 1 unspecified atom stereocenters. The maximum Gasteiger partial charge on any atom is 0.161 e. The second-order valence-electron chi connectivity index (χ2n) is 3.81. The van der Waals surface area contributed by atoms with Gasteiger partial charge in [-0.2, -0.15) is 0 Å². The fraction of sp³-hybridized carbons (Fsp3) is 0.500. The number of fused-ring (bicyclic) bond motifs is 1. The lowest BCUT2D eigenvalue weighted by Gasteiger charge is -2.08. The lowest BCUT2D eigenvalue weighted by atomic mass is 10.1. The number of rotatable bonds is 2. The van der Waals surface area contributed by atoms with Crippen molar-refractivity contribution in [2.75, 3.05) is 13.2 Å². The van der Waals surface area contributed by atoms with Crippen LogP contribution in [0.1, 0.15) is 18.9 Å². The minimum absolute atomic E-state index is 0.306. The molecule has 3 heteroatoms. The smallest absolute Gasteiger partial charge is 0.161 e. The fourth-order valence-electron chi connectivity index (χ4n) is 1.65. The maximum atomic E-state index is 9.38. The summed E-state index contributed by atoms with van der Waals surface area (Å²) in [6, 6.07) is 5.96. The average molecular weight is 208 g/mol. The van der Waals surface area contributed by atoms with E-state index < -0.39 is 6.10 Å². The molecule has 2 rings (SSSR count). The van der Waals surface area contributed by atoms with Crippen molar-refractivity contribution in [3.63, 3.8) is 0 Å². The molecule has 1 N–H and O–H groups in total. The number of aryl methyl sites for hydroxylation is 1. The van der Waals surface area contributed by atoms with E-state index in [0.717, 1.165) is 24.3 Å². The van der Waals surface area contributed by atoms with Gasteiger partial charge in [-0.15, -0.1) is 0 Å². The highest BCUT2D eigenvalue weighted by molar-refractivity contribution is 5.43. The zero-order valence-corrected chi connectivity index (χ0v) is 8.90. The molecule has 1 atom stereocenters. The summed E-state index contributed by atoms with van der Waals surface area (Å²) in [7, 11) is 0. The maximum absolute atomic E-state index is 9.38. The number of hydrogen-bond acceptors (Lipinski definition) is 3. The van der Waals surface area contributed by atoms with Gasteiger partial charge in [0.2, 0.25) is 0 Å². The molecule has 3 nitrogen and oxygen atoms in total. The Morgan fingerprint density at radius 1 is 1.27 bits per heavy atom. The molecule has 0 fully saturated rings. The lowest BCUT2D eigenvalue weighted by Crippen LogP contribution is -2.21. The zero-order valence-electron chi connectivity index (χ0n) is 8.90. The van der Waals surface area contributed by atoms with Gasteiger partial charge in [0.05, 0.1) is 0 Å². The van der Waals surface area contributed by atoms with Crippen LogP contribution in [0.4, 0.5) is 0 Å². The van der Waals surface area contributed by atoms with Crippen LogP contribution >= 0.6 is 0 Å². The van der Waals surface area contributed by atoms with Gasteiger partial charge in [-0.05, 0) is 24.1 Å². The molecule has 0 aliphatic carbocycles. The van der Waals surface area contributed by atoms with Crippen LogP contribution in [0.2, 0.25) is 0 Å². The van der Waals surface area contributed by atoms with Crippen molar-refractivity contribution in [2.24, 2.45) is 0 Å². The quantitative estimate of drug-likeness (QED) is 0.805. The molecule has 1 aliphatic rings.